The molecule has 27 heavy (non-hydrogen) atoms. The van der Waals surface area contributed by atoms with Gasteiger partial charge in [0, 0.05) is 6.54 Å². The van der Waals surface area contributed by atoms with Crippen LogP contribution in [0.3, 0.4) is 0 Å². The van der Waals surface area contributed by atoms with E-state index in [-0.39, 0.29) is 5.91 Å². The summed E-state index contributed by atoms with van der Waals surface area (Å²) in [7, 11) is 0. The maximum absolute atomic E-state index is 13.0. The monoisotopic (exact) mass is 380 g/mol. The van der Waals surface area contributed by atoms with Crippen molar-refractivity contribution in [1.29, 1.82) is 0 Å². The Kier molecular flexibility index (Phi) is 6.35. The van der Waals surface area contributed by atoms with Gasteiger partial charge in [-0.25, -0.2) is 4.99 Å². The third-order valence-corrected chi connectivity index (χ3v) is 4.89. The summed E-state index contributed by atoms with van der Waals surface area (Å²) < 4.78 is 5.56. The summed E-state index contributed by atoms with van der Waals surface area (Å²) >= 11 is 1.42. The SMILES string of the molecule is CCOc1cccc(/C=C2/SC(=Nc3ccccc3)N(CC(C)C)C2=O)c1. The summed E-state index contributed by atoms with van der Waals surface area (Å²) in [5.74, 6) is 1.17. The molecular formula is C22H24N2O2S. The van der Waals surface area contributed by atoms with E-state index in [2.05, 4.69) is 13.8 Å². The molecule has 1 saturated heterocycles. The van der Waals surface area contributed by atoms with Crippen molar-refractivity contribution in [1.82, 2.24) is 4.90 Å². The highest BCUT2D eigenvalue weighted by atomic mass is 32.2. The number of ether oxygens (including phenoxy) is 1. The van der Waals surface area contributed by atoms with Crippen LogP contribution in [0.2, 0.25) is 0 Å². The van der Waals surface area contributed by atoms with Crippen LogP contribution < -0.4 is 4.74 Å². The van der Waals surface area contributed by atoms with Crippen molar-refractivity contribution in [2.75, 3.05) is 13.2 Å². The Hall–Kier alpha value is -2.53. The standard InChI is InChI=1S/C22H24N2O2S/c1-4-26-19-12-8-9-17(13-19)14-20-21(25)24(15-16(2)3)22(27-20)23-18-10-6-5-7-11-18/h5-14,16H,4,15H2,1-3H3/b20-14+,23-22?. The molecule has 0 N–H and O–H groups in total. The van der Waals surface area contributed by atoms with E-state index in [0.29, 0.717) is 24.0 Å². The van der Waals surface area contributed by atoms with E-state index in [4.69, 9.17) is 9.73 Å². The van der Waals surface area contributed by atoms with Crippen LogP contribution in [0, 0.1) is 5.92 Å². The van der Waals surface area contributed by atoms with Gasteiger partial charge in [-0.2, -0.15) is 0 Å². The van der Waals surface area contributed by atoms with Gasteiger partial charge in [0.1, 0.15) is 5.75 Å². The minimum Gasteiger partial charge on any atom is -0.494 e. The number of amides is 1. The molecule has 1 aliphatic heterocycles. The Morgan fingerprint density at radius 1 is 1.15 bits per heavy atom. The number of nitrogens with zero attached hydrogens (tertiary/aromatic N) is 2. The molecule has 3 rings (SSSR count). The zero-order valence-corrected chi connectivity index (χ0v) is 16.7. The van der Waals surface area contributed by atoms with Gasteiger partial charge in [-0.05, 0) is 60.5 Å². The zero-order chi connectivity index (χ0) is 19.2. The molecule has 1 heterocycles. The zero-order valence-electron chi connectivity index (χ0n) is 15.9. The van der Waals surface area contributed by atoms with E-state index in [0.717, 1.165) is 22.2 Å². The molecule has 2 aromatic rings. The largest absolute Gasteiger partial charge is 0.494 e. The minimum atomic E-state index is 0.00481. The van der Waals surface area contributed by atoms with Gasteiger partial charge in [0.2, 0.25) is 0 Å². The van der Waals surface area contributed by atoms with E-state index >= 15 is 0 Å². The molecule has 1 fully saturated rings. The number of amidine groups is 1. The first-order valence-corrected chi connectivity index (χ1v) is 9.96. The second kappa shape index (κ2) is 8.91. The summed E-state index contributed by atoms with van der Waals surface area (Å²) in [6.07, 6.45) is 1.91. The van der Waals surface area contributed by atoms with Gasteiger partial charge < -0.3 is 4.74 Å². The fraction of sp³-hybridized carbons (Fsp3) is 0.273. The van der Waals surface area contributed by atoms with Crippen LogP contribution >= 0.6 is 11.8 Å². The van der Waals surface area contributed by atoms with Crippen LogP contribution in [-0.4, -0.2) is 29.1 Å². The first-order valence-electron chi connectivity index (χ1n) is 9.15. The number of hydrogen-bond donors (Lipinski definition) is 0. The molecule has 0 aromatic heterocycles. The Morgan fingerprint density at radius 2 is 1.93 bits per heavy atom. The second-order valence-corrected chi connectivity index (χ2v) is 7.66. The molecule has 140 valence electrons. The lowest BCUT2D eigenvalue weighted by Gasteiger charge is -2.17. The third-order valence-electron chi connectivity index (χ3n) is 3.88. The molecule has 0 radical (unpaired) electrons. The highest BCUT2D eigenvalue weighted by Crippen LogP contribution is 2.35. The molecule has 0 bridgehead atoms. The van der Waals surface area contributed by atoms with Crippen molar-refractivity contribution in [3.05, 3.63) is 65.1 Å². The van der Waals surface area contributed by atoms with E-state index in [1.807, 2.05) is 67.6 Å². The minimum absolute atomic E-state index is 0.00481. The van der Waals surface area contributed by atoms with E-state index in [1.54, 1.807) is 4.90 Å². The molecule has 5 heteroatoms. The Labute approximate surface area is 164 Å². The Balaban J connectivity index is 1.92. The van der Waals surface area contributed by atoms with Crippen molar-refractivity contribution in [3.8, 4) is 5.75 Å². The third kappa shape index (κ3) is 5.01. The summed E-state index contributed by atoms with van der Waals surface area (Å²) in [4.78, 5) is 20.1. The molecule has 2 aromatic carbocycles. The number of aliphatic imine (C=N–C) groups is 1. The smallest absolute Gasteiger partial charge is 0.266 e. The van der Waals surface area contributed by atoms with Crippen molar-refractivity contribution in [3.63, 3.8) is 0 Å². The number of carbonyl (C=O) groups is 1. The van der Waals surface area contributed by atoms with E-state index in [1.165, 1.54) is 11.8 Å². The Bertz CT molecular complexity index is 860. The molecule has 1 aliphatic rings. The molecule has 0 spiro atoms. The molecule has 1 amide bonds. The van der Waals surface area contributed by atoms with Crippen LogP contribution in [0.5, 0.6) is 5.75 Å². The number of carbonyl (C=O) groups excluding carboxylic acids is 1. The van der Waals surface area contributed by atoms with Crippen LogP contribution in [-0.2, 0) is 4.79 Å². The van der Waals surface area contributed by atoms with Gasteiger partial charge in [-0.3, -0.25) is 9.69 Å². The maximum Gasteiger partial charge on any atom is 0.266 e. The van der Waals surface area contributed by atoms with Gasteiger partial charge in [0.25, 0.3) is 5.91 Å². The van der Waals surface area contributed by atoms with Crippen LogP contribution in [0.1, 0.15) is 26.3 Å². The predicted molar refractivity (Wildman–Crippen MR) is 113 cm³/mol. The van der Waals surface area contributed by atoms with Crippen molar-refractivity contribution < 1.29 is 9.53 Å². The first-order chi connectivity index (χ1) is 13.1. The number of rotatable bonds is 6. The fourth-order valence-electron chi connectivity index (χ4n) is 2.74. The molecule has 0 saturated carbocycles. The van der Waals surface area contributed by atoms with Gasteiger partial charge in [-0.1, -0.05) is 44.2 Å². The predicted octanol–water partition coefficient (Wildman–Crippen LogP) is 5.35. The van der Waals surface area contributed by atoms with Crippen molar-refractivity contribution in [2.45, 2.75) is 20.8 Å². The highest BCUT2D eigenvalue weighted by Gasteiger charge is 2.33. The average molecular weight is 381 g/mol. The Morgan fingerprint density at radius 3 is 2.63 bits per heavy atom. The van der Waals surface area contributed by atoms with Gasteiger partial charge in [-0.15, -0.1) is 0 Å². The normalized spacial score (nSPS) is 17.3. The fourth-order valence-corrected chi connectivity index (χ4v) is 3.75. The van der Waals surface area contributed by atoms with Crippen LogP contribution in [0.25, 0.3) is 6.08 Å². The molecular weight excluding hydrogens is 356 g/mol. The highest BCUT2D eigenvalue weighted by molar-refractivity contribution is 8.18. The number of hydrogen-bond acceptors (Lipinski definition) is 4. The average Bonchev–Trinajstić information content (AvgIpc) is 2.91. The lowest BCUT2D eigenvalue weighted by molar-refractivity contribution is -0.122. The number of para-hydroxylation sites is 1. The summed E-state index contributed by atoms with van der Waals surface area (Å²) in [5, 5.41) is 0.729. The number of thioether (sulfide) groups is 1. The van der Waals surface area contributed by atoms with Crippen LogP contribution in [0.15, 0.2) is 64.5 Å². The number of benzene rings is 2. The van der Waals surface area contributed by atoms with E-state index < -0.39 is 0 Å². The van der Waals surface area contributed by atoms with Gasteiger partial charge in [0.05, 0.1) is 17.2 Å². The van der Waals surface area contributed by atoms with Gasteiger partial charge in [0.15, 0.2) is 5.17 Å². The molecule has 0 unspecified atom stereocenters. The molecule has 4 nitrogen and oxygen atoms in total. The van der Waals surface area contributed by atoms with Crippen molar-refractivity contribution in [2.24, 2.45) is 10.9 Å². The lowest BCUT2D eigenvalue weighted by Crippen LogP contribution is -2.32. The summed E-state index contributed by atoms with van der Waals surface area (Å²) in [5.41, 5.74) is 1.79. The summed E-state index contributed by atoms with van der Waals surface area (Å²) in [6, 6.07) is 17.5. The molecule has 0 aliphatic carbocycles. The lowest BCUT2D eigenvalue weighted by atomic mass is 10.2. The maximum atomic E-state index is 13.0. The van der Waals surface area contributed by atoms with Crippen molar-refractivity contribution >= 4 is 34.6 Å². The van der Waals surface area contributed by atoms with E-state index in [9.17, 15) is 4.79 Å². The topological polar surface area (TPSA) is 41.9 Å². The quantitative estimate of drug-likeness (QED) is 0.635. The van der Waals surface area contributed by atoms with Gasteiger partial charge >= 0.3 is 0 Å². The summed E-state index contributed by atoms with van der Waals surface area (Å²) in [6.45, 7) is 7.42. The first kappa shape index (κ1) is 19.2. The molecule has 0 atom stereocenters. The van der Waals surface area contributed by atoms with Crippen LogP contribution in [0.4, 0.5) is 5.69 Å². The second-order valence-electron chi connectivity index (χ2n) is 6.66.